The number of aryl methyl sites for hydroxylation is 1. The Morgan fingerprint density at radius 1 is 1.26 bits per heavy atom. The largest absolute Gasteiger partial charge is 0.461 e. The number of aromatic nitrogens is 4. The number of carbonyl (C=O) groups is 1. The van der Waals surface area contributed by atoms with Crippen molar-refractivity contribution in [1.29, 1.82) is 0 Å². The van der Waals surface area contributed by atoms with E-state index >= 15 is 0 Å². The minimum Gasteiger partial charge on any atom is -0.461 e. The molecular weight excluding hydrogens is 394 g/mol. The maximum absolute atomic E-state index is 12.8. The van der Waals surface area contributed by atoms with E-state index in [9.17, 15) is 4.79 Å². The standard InChI is InChI=1S/C23H29N5O3/c1-4-6-12-31-23(29)21-18(22-25-24-20(15-30-3)28(22)26-21)14-16-9-10-19-17(13-16)8-7-11-27(19)5-2/h9-10,13-14H,4-8,11-12,15H2,1-3H3. The lowest BCUT2D eigenvalue weighted by Crippen LogP contribution is -2.28. The molecule has 0 saturated heterocycles. The zero-order chi connectivity index (χ0) is 21.8. The number of carbonyl (C=O) groups excluding carboxylic acids is 1. The number of esters is 1. The highest BCUT2D eigenvalue weighted by Gasteiger charge is 2.21. The molecule has 4 rings (SSSR count). The van der Waals surface area contributed by atoms with Crippen molar-refractivity contribution in [2.75, 3.05) is 31.7 Å². The molecule has 8 nitrogen and oxygen atoms in total. The Morgan fingerprint density at radius 3 is 2.90 bits per heavy atom. The number of benzene rings is 1. The van der Waals surface area contributed by atoms with Gasteiger partial charge in [0.25, 0.3) is 0 Å². The average Bonchev–Trinajstić information content (AvgIpc) is 3.34. The first-order valence-electron chi connectivity index (χ1n) is 11.0. The van der Waals surface area contributed by atoms with E-state index < -0.39 is 5.97 Å². The fraction of sp³-hybridized carbons (Fsp3) is 0.478. The van der Waals surface area contributed by atoms with Crippen molar-refractivity contribution in [3.05, 3.63) is 46.1 Å². The van der Waals surface area contributed by atoms with Crippen LogP contribution in [0, 0.1) is 0 Å². The van der Waals surface area contributed by atoms with Gasteiger partial charge in [0.05, 0.1) is 11.8 Å². The highest BCUT2D eigenvalue weighted by molar-refractivity contribution is 5.90. The predicted octanol–water partition coefficient (Wildman–Crippen LogP) is 2.55. The molecule has 0 saturated carbocycles. The second-order valence-corrected chi connectivity index (χ2v) is 7.75. The molecule has 0 atom stereocenters. The van der Waals surface area contributed by atoms with Gasteiger partial charge < -0.3 is 14.4 Å². The number of hydrogen-bond donors (Lipinski definition) is 0. The molecule has 0 bridgehead atoms. The van der Waals surface area contributed by atoms with Gasteiger partial charge in [-0.2, -0.15) is 9.61 Å². The number of methoxy groups -OCH3 is 1. The topological polar surface area (TPSA) is 81.8 Å². The molecule has 0 N–H and O–H groups in total. The van der Waals surface area contributed by atoms with E-state index in [-0.39, 0.29) is 12.3 Å². The molecule has 3 aromatic rings. The summed E-state index contributed by atoms with van der Waals surface area (Å²) in [6.07, 6.45) is 5.92. The van der Waals surface area contributed by atoms with E-state index in [0.29, 0.717) is 23.3 Å². The number of anilines is 1. The Labute approximate surface area is 181 Å². The number of fused-ring (bicyclic) bond motifs is 2. The maximum atomic E-state index is 12.8. The zero-order valence-corrected chi connectivity index (χ0v) is 18.4. The van der Waals surface area contributed by atoms with Crippen LogP contribution in [-0.2, 0) is 22.5 Å². The lowest BCUT2D eigenvalue weighted by atomic mass is 9.99. The second kappa shape index (κ2) is 9.43. The third-order valence-electron chi connectivity index (χ3n) is 5.61. The molecule has 1 aromatic carbocycles. The number of rotatable bonds is 8. The fourth-order valence-corrected chi connectivity index (χ4v) is 4.01. The van der Waals surface area contributed by atoms with Crippen LogP contribution in [0.5, 0.6) is 0 Å². The molecule has 0 radical (unpaired) electrons. The van der Waals surface area contributed by atoms with E-state index in [1.807, 2.05) is 6.08 Å². The van der Waals surface area contributed by atoms with Crippen LogP contribution in [0.1, 0.15) is 60.5 Å². The first-order valence-corrected chi connectivity index (χ1v) is 11.0. The van der Waals surface area contributed by atoms with Gasteiger partial charge in [0.1, 0.15) is 6.61 Å². The number of hydrogen-bond acceptors (Lipinski definition) is 7. The van der Waals surface area contributed by atoms with Crippen LogP contribution in [0.15, 0.2) is 18.2 Å². The summed E-state index contributed by atoms with van der Waals surface area (Å²) in [5.74, 6) is 0.104. The van der Waals surface area contributed by atoms with Crippen molar-refractivity contribution in [3.8, 4) is 0 Å². The molecule has 2 aromatic heterocycles. The van der Waals surface area contributed by atoms with E-state index in [1.54, 1.807) is 11.6 Å². The molecule has 0 unspecified atom stereocenters. The maximum Gasteiger partial charge on any atom is 0.359 e. The first-order chi connectivity index (χ1) is 15.2. The minimum atomic E-state index is -0.441. The van der Waals surface area contributed by atoms with E-state index in [1.165, 1.54) is 11.3 Å². The highest BCUT2D eigenvalue weighted by atomic mass is 16.5. The monoisotopic (exact) mass is 423 g/mol. The molecule has 31 heavy (non-hydrogen) atoms. The van der Waals surface area contributed by atoms with Crippen molar-refractivity contribution < 1.29 is 14.3 Å². The molecule has 0 spiro atoms. The minimum absolute atomic E-state index is 0.256. The summed E-state index contributed by atoms with van der Waals surface area (Å²) in [5, 5.41) is 13.5. The Kier molecular flexibility index (Phi) is 6.46. The lowest BCUT2D eigenvalue weighted by Gasteiger charge is -2.30. The van der Waals surface area contributed by atoms with Gasteiger partial charge in [-0.15, -0.1) is 10.2 Å². The average molecular weight is 424 g/mol. The van der Waals surface area contributed by atoms with E-state index in [2.05, 4.69) is 52.2 Å². The molecule has 0 amide bonds. The third-order valence-corrected chi connectivity index (χ3v) is 5.61. The molecule has 0 aliphatic carbocycles. The van der Waals surface area contributed by atoms with Gasteiger partial charge in [0, 0.05) is 25.9 Å². The van der Waals surface area contributed by atoms with E-state index in [4.69, 9.17) is 9.47 Å². The summed E-state index contributed by atoms with van der Waals surface area (Å²) in [4.78, 5) is 15.2. The normalized spacial score (nSPS) is 14.3. The molecule has 1 aliphatic rings. The van der Waals surface area contributed by atoms with Crippen molar-refractivity contribution >= 4 is 23.4 Å². The van der Waals surface area contributed by atoms with Crippen LogP contribution >= 0.6 is 0 Å². The van der Waals surface area contributed by atoms with Gasteiger partial charge in [-0.1, -0.05) is 19.4 Å². The number of nitrogens with zero attached hydrogens (tertiary/aromatic N) is 5. The Bertz CT molecular complexity index is 1120. The summed E-state index contributed by atoms with van der Waals surface area (Å²) >= 11 is 0. The van der Waals surface area contributed by atoms with Gasteiger partial charge in [-0.3, -0.25) is 0 Å². The number of ether oxygens (including phenoxy) is 2. The van der Waals surface area contributed by atoms with Crippen LogP contribution in [0.4, 0.5) is 5.69 Å². The van der Waals surface area contributed by atoms with Crippen LogP contribution in [0.25, 0.3) is 11.7 Å². The van der Waals surface area contributed by atoms with Gasteiger partial charge in [0.15, 0.2) is 17.2 Å². The predicted molar refractivity (Wildman–Crippen MR) is 118 cm³/mol. The highest BCUT2D eigenvalue weighted by Crippen LogP contribution is 2.28. The molecule has 8 heteroatoms. The van der Waals surface area contributed by atoms with Crippen LogP contribution in [-0.4, -0.2) is 52.6 Å². The quantitative estimate of drug-likeness (QED) is 0.407. The summed E-state index contributed by atoms with van der Waals surface area (Å²) in [7, 11) is 1.59. The second-order valence-electron chi connectivity index (χ2n) is 7.75. The third kappa shape index (κ3) is 4.25. The van der Waals surface area contributed by atoms with Gasteiger partial charge in [0.2, 0.25) is 0 Å². The van der Waals surface area contributed by atoms with Crippen LogP contribution in [0.3, 0.4) is 0 Å². The molecule has 164 valence electrons. The van der Waals surface area contributed by atoms with Gasteiger partial charge in [-0.05, 0) is 55.5 Å². The van der Waals surface area contributed by atoms with Crippen molar-refractivity contribution in [1.82, 2.24) is 19.8 Å². The lowest BCUT2D eigenvalue weighted by molar-refractivity contribution is 0.0491. The Morgan fingerprint density at radius 2 is 2.13 bits per heavy atom. The van der Waals surface area contributed by atoms with Crippen molar-refractivity contribution in [3.63, 3.8) is 0 Å². The summed E-state index contributed by atoms with van der Waals surface area (Å²) in [5.41, 5.74) is 4.41. The van der Waals surface area contributed by atoms with Crippen LogP contribution < -0.4 is 10.1 Å². The van der Waals surface area contributed by atoms with Crippen molar-refractivity contribution in [2.45, 2.75) is 46.1 Å². The van der Waals surface area contributed by atoms with Gasteiger partial charge in [-0.25, -0.2) is 4.79 Å². The first kappa shape index (κ1) is 21.2. The van der Waals surface area contributed by atoms with Crippen LogP contribution in [0.2, 0.25) is 0 Å². The Hall–Kier alpha value is -3.00. The molecule has 3 heterocycles. The zero-order valence-electron chi connectivity index (χ0n) is 18.4. The Balaban J connectivity index is 1.78. The van der Waals surface area contributed by atoms with Gasteiger partial charge >= 0.3 is 5.97 Å². The summed E-state index contributed by atoms with van der Waals surface area (Å²) in [6, 6.07) is 6.44. The summed E-state index contributed by atoms with van der Waals surface area (Å²) in [6.45, 7) is 6.96. The fourth-order valence-electron chi connectivity index (χ4n) is 4.01. The van der Waals surface area contributed by atoms with Crippen molar-refractivity contribution in [2.24, 2.45) is 0 Å². The molecule has 0 fully saturated rings. The SMILES string of the molecule is CCCCOC(=O)c1nn2c(COC)nnc2c1=Cc1ccc2c(c1)CCCN2CC. The molecular formula is C23H29N5O3. The summed E-state index contributed by atoms with van der Waals surface area (Å²) < 4.78 is 12.2. The number of unbranched alkanes of at least 4 members (excludes halogenated alkanes) is 1. The molecule has 1 aliphatic heterocycles. The van der Waals surface area contributed by atoms with E-state index in [0.717, 1.165) is 44.3 Å². The smallest absolute Gasteiger partial charge is 0.359 e.